The van der Waals surface area contributed by atoms with Crippen molar-refractivity contribution in [1.29, 1.82) is 0 Å². The molecule has 0 spiro atoms. The van der Waals surface area contributed by atoms with Crippen molar-refractivity contribution < 1.29 is 19.4 Å². The molecule has 2 heterocycles. The second-order valence-corrected chi connectivity index (χ2v) is 6.27. The number of hydrogen-bond acceptors (Lipinski definition) is 5. The number of carboxylic acids is 1. The molecule has 25 heavy (non-hydrogen) atoms. The minimum absolute atomic E-state index is 0.00455. The number of nitrogens with two attached hydrogens (primary N) is 1. The van der Waals surface area contributed by atoms with Gasteiger partial charge < -0.3 is 15.6 Å². The first-order valence-corrected chi connectivity index (χ1v) is 7.93. The first-order chi connectivity index (χ1) is 11.9. The normalized spacial score (nSPS) is 16.5. The van der Waals surface area contributed by atoms with E-state index in [0.29, 0.717) is 17.4 Å². The van der Waals surface area contributed by atoms with Gasteiger partial charge in [0.25, 0.3) is 5.91 Å². The molecule has 130 valence electrons. The standard InChI is InChI=1S/C18H19N3O4/c1-10(2)15-17(22)21(16-13(25-15)7-8-14(19)20-16)9-11-3-5-12(6-4-11)18(23)24/h3-8,10,15H,9H2,1-2H3,(H2,19,20)(H,23,24). The molecule has 0 fully saturated rings. The van der Waals surface area contributed by atoms with E-state index in [1.165, 1.54) is 17.0 Å². The Hall–Kier alpha value is -3.09. The van der Waals surface area contributed by atoms with Crippen LogP contribution in [0, 0.1) is 5.92 Å². The maximum absolute atomic E-state index is 12.8. The van der Waals surface area contributed by atoms with E-state index in [4.69, 9.17) is 15.6 Å². The van der Waals surface area contributed by atoms with Crippen molar-refractivity contribution in [3.8, 4) is 5.75 Å². The van der Waals surface area contributed by atoms with Crippen LogP contribution in [-0.2, 0) is 11.3 Å². The van der Waals surface area contributed by atoms with E-state index in [9.17, 15) is 9.59 Å². The Bertz CT molecular complexity index is 818. The molecule has 1 aromatic heterocycles. The number of ether oxygens (including phenoxy) is 1. The van der Waals surface area contributed by atoms with E-state index in [1.807, 2.05) is 13.8 Å². The van der Waals surface area contributed by atoms with Gasteiger partial charge in [-0.15, -0.1) is 0 Å². The van der Waals surface area contributed by atoms with Crippen LogP contribution in [0.4, 0.5) is 11.6 Å². The van der Waals surface area contributed by atoms with Crippen molar-refractivity contribution in [3.63, 3.8) is 0 Å². The summed E-state index contributed by atoms with van der Waals surface area (Å²) in [6.45, 7) is 4.09. The molecule has 0 radical (unpaired) electrons. The van der Waals surface area contributed by atoms with Gasteiger partial charge in [-0.05, 0) is 35.7 Å². The molecule has 1 aliphatic rings. The number of aromatic carboxylic acids is 1. The van der Waals surface area contributed by atoms with Crippen LogP contribution in [0.5, 0.6) is 5.75 Å². The summed E-state index contributed by atoms with van der Waals surface area (Å²) in [5, 5.41) is 8.99. The van der Waals surface area contributed by atoms with Crippen LogP contribution in [0.25, 0.3) is 0 Å². The lowest BCUT2D eigenvalue weighted by atomic mass is 10.0. The highest BCUT2D eigenvalue weighted by atomic mass is 16.5. The third-order valence-electron chi connectivity index (χ3n) is 4.03. The largest absolute Gasteiger partial charge is 0.478 e. The molecular weight excluding hydrogens is 322 g/mol. The third-order valence-corrected chi connectivity index (χ3v) is 4.03. The van der Waals surface area contributed by atoms with E-state index in [-0.39, 0.29) is 23.9 Å². The number of carboxylic acid groups (broad SMARTS) is 1. The SMILES string of the molecule is CC(C)C1Oc2ccc(N)nc2N(Cc2ccc(C(=O)O)cc2)C1=O. The van der Waals surface area contributed by atoms with Gasteiger partial charge >= 0.3 is 5.97 Å². The van der Waals surface area contributed by atoms with Crippen molar-refractivity contribution in [2.75, 3.05) is 10.6 Å². The maximum atomic E-state index is 12.8. The van der Waals surface area contributed by atoms with Crippen molar-refractivity contribution >= 4 is 23.5 Å². The maximum Gasteiger partial charge on any atom is 0.335 e. The molecule has 1 unspecified atom stereocenters. The fraction of sp³-hybridized carbons (Fsp3) is 0.278. The molecule has 7 heteroatoms. The monoisotopic (exact) mass is 341 g/mol. The number of rotatable bonds is 4. The summed E-state index contributed by atoms with van der Waals surface area (Å²) < 4.78 is 5.79. The van der Waals surface area contributed by atoms with Crippen LogP contribution >= 0.6 is 0 Å². The molecule has 2 aromatic rings. The third kappa shape index (κ3) is 3.26. The number of fused-ring (bicyclic) bond motifs is 1. The number of nitrogens with zero attached hydrogens (tertiary/aromatic N) is 2. The van der Waals surface area contributed by atoms with E-state index in [2.05, 4.69) is 4.98 Å². The number of pyridine rings is 1. The average Bonchev–Trinajstić information content (AvgIpc) is 2.57. The van der Waals surface area contributed by atoms with E-state index < -0.39 is 12.1 Å². The highest BCUT2D eigenvalue weighted by molar-refractivity contribution is 5.99. The van der Waals surface area contributed by atoms with Crippen LogP contribution in [0.2, 0.25) is 0 Å². The quantitative estimate of drug-likeness (QED) is 0.884. The van der Waals surface area contributed by atoms with Gasteiger partial charge in [0.05, 0.1) is 12.1 Å². The average molecular weight is 341 g/mol. The van der Waals surface area contributed by atoms with Gasteiger partial charge in [0, 0.05) is 0 Å². The molecule has 1 aliphatic heterocycles. The Morgan fingerprint density at radius 3 is 2.56 bits per heavy atom. The molecule has 0 saturated heterocycles. The van der Waals surface area contributed by atoms with E-state index in [1.54, 1.807) is 24.3 Å². The highest BCUT2D eigenvalue weighted by Crippen LogP contribution is 2.35. The number of nitrogen functional groups attached to an aromatic ring is 1. The minimum Gasteiger partial charge on any atom is -0.478 e. The Labute approximate surface area is 145 Å². The van der Waals surface area contributed by atoms with Crippen LogP contribution in [0.15, 0.2) is 36.4 Å². The summed E-state index contributed by atoms with van der Waals surface area (Å²) in [5.41, 5.74) is 6.74. The van der Waals surface area contributed by atoms with Crippen molar-refractivity contribution in [3.05, 3.63) is 47.5 Å². The Morgan fingerprint density at radius 1 is 1.28 bits per heavy atom. The van der Waals surface area contributed by atoms with Crippen LogP contribution in [0.1, 0.15) is 29.8 Å². The van der Waals surface area contributed by atoms with Gasteiger partial charge in [-0.3, -0.25) is 9.69 Å². The molecule has 1 aromatic carbocycles. The fourth-order valence-corrected chi connectivity index (χ4v) is 2.69. The molecule has 3 rings (SSSR count). The lowest BCUT2D eigenvalue weighted by Gasteiger charge is -2.35. The molecule has 7 nitrogen and oxygen atoms in total. The van der Waals surface area contributed by atoms with Crippen molar-refractivity contribution in [2.45, 2.75) is 26.5 Å². The summed E-state index contributed by atoms with van der Waals surface area (Å²) in [7, 11) is 0. The lowest BCUT2D eigenvalue weighted by molar-refractivity contribution is -0.128. The molecule has 3 N–H and O–H groups in total. The number of carbonyl (C=O) groups excluding carboxylic acids is 1. The zero-order valence-corrected chi connectivity index (χ0v) is 14.0. The zero-order chi connectivity index (χ0) is 18.1. The number of carbonyl (C=O) groups is 2. The molecule has 1 amide bonds. The Kier molecular flexibility index (Phi) is 4.31. The fourth-order valence-electron chi connectivity index (χ4n) is 2.69. The summed E-state index contributed by atoms with van der Waals surface area (Å²) in [6.07, 6.45) is -0.601. The molecule has 0 saturated carbocycles. The first kappa shape index (κ1) is 16.8. The van der Waals surface area contributed by atoms with Gasteiger partial charge in [-0.2, -0.15) is 0 Å². The highest BCUT2D eigenvalue weighted by Gasteiger charge is 2.37. The molecule has 1 atom stereocenters. The number of amides is 1. The number of benzene rings is 1. The molecule has 0 bridgehead atoms. The topological polar surface area (TPSA) is 106 Å². The molecular formula is C18H19N3O4. The second-order valence-electron chi connectivity index (χ2n) is 6.27. The predicted molar refractivity (Wildman–Crippen MR) is 92.5 cm³/mol. The van der Waals surface area contributed by atoms with Gasteiger partial charge in [0.15, 0.2) is 17.7 Å². The number of hydrogen-bond donors (Lipinski definition) is 2. The van der Waals surface area contributed by atoms with Crippen molar-refractivity contribution in [1.82, 2.24) is 4.98 Å². The second kappa shape index (κ2) is 6.43. The van der Waals surface area contributed by atoms with Crippen LogP contribution < -0.4 is 15.4 Å². The summed E-state index contributed by atoms with van der Waals surface area (Å²) >= 11 is 0. The number of aromatic nitrogens is 1. The van der Waals surface area contributed by atoms with Gasteiger partial charge in [-0.1, -0.05) is 26.0 Å². The summed E-state index contributed by atoms with van der Waals surface area (Å²) in [5.74, 6) is -0.00473. The first-order valence-electron chi connectivity index (χ1n) is 7.93. The smallest absolute Gasteiger partial charge is 0.335 e. The summed E-state index contributed by atoms with van der Waals surface area (Å²) in [4.78, 5) is 29.6. The van der Waals surface area contributed by atoms with E-state index in [0.717, 1.165) is 5.56 Å². The lowest BCUT2D eigenvalue weighted by Crippen LogP contribution is -2.48. The number of anilines is 2. The van der Waals surface area contributed by atoms with Crippen molar-refractivity contribution in [2.24, 2.45) is 5.92 Å². The van der Waals surface area contributed by atoms with Crippen LogP contribution in [0.3, 0.4) is 0 Å². The van der Waals surface area contributed by atoms with Gasteiger partial charge in [0.2, 0.25) is 0 Å². The predicted octanol–water partition coefficient (Wildman–Crippen LogP) is 2.31. The van der Waals surface area contributed by atoms with Gasteiger partial charge in [0.1, 0.15) is 5.82 Å². The van der Waals surface area contributed by atoms with E-state index >= 15 is 0 Å². The summed E-state index contributed by atoms with van der Waals surface area (Å²) in [6, 6.07) is 9.73. The minimum atomic E-state index is -0.992. The van der Waals surface area contributed by atoms with Crippen LogP contribution in [-0.4, -0.2) is 28.1 Å². The Balaban J connectivity index is 1.96. The Morgan fingerprint density at radius 2 is 1.96 bits per heavy atom. The molecule has 0 aliphatic carbocycles. The van der Waals surface area contributed by atoms with Gasteiger partial charge in [-0.25, -0.2) is 9.78 Å². The zero-order valence-electron chi connectivity index (χ0n) is 14.0.